The molecule has 5 heteroatoms. The van der Waals surface area contributed by atoms with Crippen LogP contribution in [0.4, 0.5) is 5.69 Å². The fourth-order valence-corrected chi connectivity index (χ4v) is 2.57. The SMILES string of the molecule is Cc1cc(C)c(N2CCN(C(=O)C(=O)O)CC2)cc1C. The number of hydrogen-bond donors (Lipinski definition) is 1. The summed E-state index contributed by atoms with van der Waals surface area (Å²) in [5, 5.41) is 8.72. The van der Waals surface area contributed by atoms with Gasteiger partial charge >= 0.3 is 11.9 Å². The van der Waals surface area contributed by atoms with Gasteiger partial charge in [0.05, 0.1) is 0 Å². The monoisotopic (exact) mass is 276 g/mol. The Bertz CT molecular complexity index is 546. The van der Waals surface area contributed by atoms with E-state index in [0.717, 1.165) is 0 Å². The third kappa shape index (κ3) is 2.76. The zero-order chi connectivity index (χ0) is 14.9. The molecule has 0 spiro atoms. The molecule has 1 fully saturated rings. The van der Waals surface area contributed by atoms with Crippen molar-refractivity contribution in [3.05, 3.63) is 28.8 Å². The lowest BCUT2D eigenvalue weighted by Gasteiger charge is -2.36. The highest BCUT2D eigenvalue weighted by Crippen LogP contribution is 2.25. The van der Waals surface area contributed by atoms with Crippen LogP contribution in [-0.4, -0.2) is 48.1 Å². The van der Waals surface area contributed by atoms with Crippen LogP contribution in [0.3, 0.4) is 0 Å². The summed E-state index contributed by atoms with van der Waals surface area (Å²) in [6.45, 7) is 8.51. The zero-order valence-electron chi connectivity index (χ0n) is 12.1. The molecule has 1 amide bonds. The minimum Gasteiger partial charge on any atom is -0.474 e. The predicted molar refractivity (Wildman–Crippen MR) is 77.1 cm³/mol. The molecule has 1 N–H and O–H groups in total. The van der Waals surface area contributed by atoms with E-state index in [1.54, 1.807) is 0 Å². The summed E-state index contributed by atoms with van der Waals surface area (Å²) in [4.78, 5) is 25.7. The van der Waals surface area contributed by atoms with E-state index in [-0.39, 0.29) is 0 Å². The fraction of sp³-hybridized carbons (Fsp3) is 0.467. The summed E-state index contributed by atoms with van der Waals surface area (Å²) in [7, 11) is 0. The molecule has 0 bridgehead atoms. The van der Waals surface area contributed by atoms with Crippen LogP contribution in [-0.2, 0) is 9.59 Å². The topological polar surface area (TPSA) is 60.9 Å². The molecule has 1 aliphatic heterocycles. The van der Waals surface area contributed by atoms with E-state index in [1.807, 2.05) is 0 Å². The Morgan fingerprint density at radius 3 is 2.05 bits per heavy atom. The number of carboxylic acids is 1. The molecule has 5 nitrogen and oxygen atoms in total. The van der Waals surface area contributed by atoms with Crippen LogP contribution in [0.5, 0.6) is 0 Å². The van der Waals surface area contributed by atoms with Gasteiger partial charge in [-0.1, -0.05) is 6.07 Å². The standard InChI is InChI=1S/C15H20N2O3/c1-10-8-12(3)13(9-11(10)2)16-4-6-17(7-5-16)14(18)15(19)20/h8-9H,4-7H2,1-3H3,(H,19,20). The molecule has 1 aliphatic rings. The van der Waals surface area contributed by atoms with Gasteiger partial charge in [-0.2, -0.15) is 0 Å². The number of amides is 1. The third-order valence-electron chi connectivity index (χ3n) is 3.90. The smallest absolute Gasteiger partial charge is 0.394 e. The fourth-order valence-electron chi connectivity index (χ4n) is 2.57. The third-order valence-corrected chi connectivity index (χ3v) is 3.90. The van der Waals surface area contributed by atoms with Crippen molar-refractivity contribution in [1.82, 2.24) is 4.90 Å². The Kier molecular flexibility index (Phi) is 3.97. The van der Waals surface area contributed by atoms with Crippen molar-refractivity contribution >= 4 is 17.6 Å². The van der Waals surface area contributed by atoms with E-state index < -0.39 is 11.9 Å². The van der Waals surface area contributed by atoms with Gasteiger partial charge in [0.25, 0.3) is 0 Å². The molecule has 1 saturated heterocycles. The molecule has 20 heavy (non-hydrogen) atoms. The summed E-state index contributed by atoms with van der Waals surface area (Å²) in [6, 6.07) is 4.33. The first-order valence-electron chi connectivity index (χ1n) is 6.75. The molecule has 108 valence electrons. The van der Waals surface area contributed by atoms with E-state index in [4.69, 9.17) is 5.11 Å². The van der Waals surface area contributed by atoms with Gasteiger partial charge < -0.3 is 14.9 Å². The number of carbonyl (C=O) groups is 2. The molecule has 1 aromatic carbocycles. The van der Waals surface area contributed by atoms with Crippen LogP contribution in [0.25, 0.3) is 0 Å². The average Bonchev–Trinajstić information content (AvgIpc) is 2.42. The summed E-state index contributed by atoms with van der Waals surface area (Å²) < 4.78 is 0. The molecular formula is C15H20N2O3. The van der Waals surface area contributed by atoms with E-state index >= 15 is 0 Å². The number of piperazine rings is 1. The van der Waals surface area contributed by atoms with Crippen LogP contribution in [0.1, 0.15) is 16.7 Å². The van der Waals surface area contributed by atoms with E-state index in [0.29, 0.717) is 26.2 Å². The molecule has 0 aliphatic carbocycles. The number of rotatable bonds is 1. The maximum atomic E-state index is 11.4. The molecule has 0 radical (unpaired) electrons. The number of carbonyl (C=O) groups excluding carboxylic acids is 1. The first-order valence-corrected chi connectivity index (χ1v) is 6.75. The number of nitrogens with zero attached hydrogens (tertiary/aromatic N) is 2. The number of aryl methyl sites for hydroxylation is 3. The van der Waals surface area contributed by atoms with Gasteiger partial charge in [-0.3, -0.25) is 4.79 Å². The Labute approximate surface area is 118 Å². The summed E-state index contributed by atoms with van der Waals surface area (Å²) in [6.07, 6.45) is 0. The second-order valence-electron chi connectivity index (χ2n) is 5.31. The number of aliphatic carboxylic acids is 1. The minimum absolute atomic E-state index is 0.456. The summed E-state index contributed by atoms with van der Waals surface area (Å²) >= 11 is 0. The van der Waals surface area contributed by atoms with Crippen molar-refractivity contribution in [2.75, 3.05) is 31.1 Å². The van der Waals surface area contributed by atoms with Gasteiger partial charge in [0.1, 0.15) is 0 Å². The molecule has 0 atom stereocenters. The van der Waals surface area contributed by atoms with Crippen LogP contribution < -0.4 is 4.90 Å². The van der Waals surface area contributed by atoms with Crippen LogP contribution in [0, 0.1) is 20.8 Å². The van der Waals surface area contributed by atoms with Crippen molar-refractivity contribution in [3.63, 3.8) is 0 Å². The largest absolute Gasteiger partial charge is 0.474 e. The lowest BCUT2D eigenvalue weighted by molar-refractivity contribution is -0.156. The zero-order valence-corrected chi connectivity index (χ0v) is 12.1. The van der Waals surface area contributed by atoms with Crippen molar-refractivity contribution in [2.24, 2.45) is 0 Å². The number of benzene rings is 1. The molecule has 0 aromatic heterocycles. The average molecular weight is 276 g/mol. The van der Waals surface area contributed by atoms with Crippen molar-refractivity contribution in [3.8, 4) is 0 Å². The summed E-state index contributed by atoms with van der Waals surface area (Å²) in [5.74, 6) is -2.18. The highest BCUT2D eigenvalue weighted by Gasteiger charge is 2.26. The van der Waals surface area contributed by atoms with Crippen molar-refractivity contribution < 1.29 is 14.7 Å². The number of hydrogen-bond acceptors (Lipinski definition) is 3. The predicted octanol–water partition coefficient (Wildman–Crippen LogP) is 1.35. The van der Waals surface area contributed by atoms with Gasteiger partial charge in [-0.25, -0.2) is 4.79 Å². The second kappa shape index (κ2) is 5.53. The van der Waals surface area contributed by atoms with Crippen molar-refractivity contribution in [2.45, 2.75) is 20.8 Å². The quantitative estimate of drug-likeness (QED) is 0.786. The lowest BCUT2D eigenvalue weighted by atomic mass is 10.0. The molecular weight excluding hydrogens is 256 g/mol. The van der Waals surface area contributed by atoms with Crippen LogP contribution in [0.15, 0.2) is 12.1 Å². The number of anilines is 1. The maximum absolute atomic E-state index is 11.4. The molecule has 0 saturated carbocycles. The Balaban J connectivity index is 2.10. The first-order chi connectivity index (χ1) is 9.40. The van der Waals surface area contributed by atoms with E-state index in [2.05, 4.69) is 37.8 Å². The second-order valence-corrected chi connectivity index (χ2v) is 5.31. The highest BCUT2D eigenvalue weighted by molar-refractivity contribution is 6.31. The van der Waals surface area contributed by atoms with Gasteiger partial charge in [-0.15, -0.1) is 0 Å². The van der Waals surface area contributed by atoms with Gasteiger partial charge in [-0.05, 0) is 43.5 Å². The molecule has 1 aromatic rings. The first kappa shape index (κ1) is 14.4. The van der Waals surface area contributed by atoms with Crippen molar-refractivity contribution in [1.29, 1.82) is 0 Å². The molecule has 2 rings (SSSR count). The Morgan fingerprint density at radius 1 is 0.950 bits per heavy atom. The Morgan fingerprint density at radius 2 is 1.50 bits per heavy atom. The lowest BCUT2D eigenvalue weighted by Crippen LogP contribution is -2.50. The minimum atomic E-state index is -1.37. The van der Waals surface area contributed by atoms with Gasteiger partial charge in [0.15, 0.2) is 0 Å². The normalized spacial score (nSPS) is 15.3. The highest BCUT2D eigenvalue weighted by atomic mass is 16.4. The van der Waals surface area contributed by atoms with E-state index in [1.165, 1.54) is 27.3 Å². The number of carboxylic acid groups (broad SMARTS) is 1. The molecule has 0 unspecified atom stereocenters. The maximum Gasteiger partial charge on any atom is 0.394 e. The van der Waals surface area contributed by atoms with Crippen LogP contribution >= 0.6 is 0 Å². The molecule has 1 heterocycles. The van der Waals surface area contributed by atoms with Gasteiger partial charge in [0.2, 0.25) is 0 Å². The Hall–Kier alpha value is -2.04. The van der Waals surface area contributed by atoms with E-state index in [9.17, 15) is 9.59 Å². The van der Waals surface area contributed by atoms with Crippen LogP contribution in [0.2, 0.25) is 0 Å². The summed E-state index contributed by atoms with van der Waals surface area (Å²) in [5.41, 5.74) is 4.90. The van der Waals surface area contributed by atoms with Gasteiger partial charge in [0, 0.05) is 31.9 Å².